The van der Waals surface area contributed by atoms with Gasteiger partial charge in [-0.2, -0.15) is 0 Å². The lowest BCUT2D eigenvalue weighted by atomic mass is 10.2. The second kappa shape index (κ2) is 9.82. The molecule has 7 heteroatoms. The van der Waals surface area contributed by atoms with Gasteiger partial charge in [-0.3, -0.25) is 4.79 Å². The average molecular weight is 397 g/mol. The summed E-state index contributed by atoms with van der Waals surface area (Å²) < 4.78 is 5.06. The van der Waals surface area contributed by atoms with Gasteiger partial charge in [0.1, 0.15) is 11.5 Å². The van der Waals surface area contributed by atoms with Crippen molar-refractivity contribution in [1.29, 1.82) is 0 Å². The number of ether oxygens (including phenoxy) is 1. The van der Waals surface area contributed by atoms with E-state index >= 15 is 0 Å². The first-order chi connectivity index (χ1) is 13.7. The van der Waals surface area contributed by atoms with Crippen LogP contribution in [0.3, 0.4) is 0 Å². The van der Waals surface area contributed by atoms with Crippen LogP contribution in [-0.2, 0) is 4.74 Å². The number of benzene rings is 2. The second-order valence-electron chi connectivity index (χ2n) is 6.06. The number of rotatable bonds is 8. The van der Waals surface area contributed by atoms with Crippen LogP contribution in [0.4, 0.5) is 11.5 Å². The molecule has 0 fully saturated rings. The van der Waals surface area contributed by atoms with E-state index in [1.807, 2.05) is 30.3 Å². The Kier molecular flexibility index (Phi) is 6.94. The summed E-state index contributed by atoms with van der Waals surface area (Å²) in [6.45, 7) is 1.32. The van der Waals surface area contributed by atoms with Gasteiger partial charge in [-0.15, -0.1) is 0 Å². The zero-order valence-electron chi connectivity index (χ0n) is 15.5. The van der Waals surface area contributed by atoms with Gasteiger partial charge >= 0.3 is 0 Å². The lowest BCUT2D eigenvalue weighted by molar-refractivity contribution is 0.102. The number of anilines is 2. The Morgan fingerprint density at radius 1 is 1.07 bits per heavy atom. The molecule has 0 saturated heterocycles. The van der Waals surface area contributed by atoms with E-state index in [2.05, 4.69) is 20.6 Å². The van der Waals surface area contributed by atoms with Gasteiger partial charge in [0.05, 0.1) is 0 Å². The summed E-state index contributed by atoms with van der Waals surface area (Å²) in [5.41, 5.74) is 1.76. The van der Waals surface area contributed by atoms with Crippen molar-refractivity contribution in [2.24, 2.45) is 0 Å². The zero-order chi connectivity index (χ0) is 19.8. The topological polar surface area (TPSA) is 76.1 Å². The first kappa shape index (κ1) is 19.8. The van der Waals surface area contributed by atoms with Crippen LogP contribution in [0.5, 0.6) is 0 Å². The van der Waals surface area contributed by atoms with Crippen molar-refractivity contribution in [2.45, 2.75) is 6.42 Å². The van der Waals surface area contributed by atoms with Gasteiger partial charge in [0, 0.05) is 42.6 Å². The Labute approximate surface area is 168 Å². The Morgan fingerprint density at radius 2 is 1.82 bits per heavy atom. The van der Waals surface area contributed by atoms with Crippen LogP contribution >= 0.6 is 11.6 Å². The van der Waals surface area contributed by atoms with Gasteiger partial charge in [0.2, 0.25) is 0 Å². The van der Waals surface area contributed by atoms with Crippen LogP contribution in [0, 0.1) is 0 Å². The zero-order valence-corrected chi connectivity index (χ0v) is 16.2. The predicted molar refractivity (Wildman–Crippen MR) is 112 cm³/mol. The summed E-state index contributed by atoms with van der Waals surface area (Å²) >= 11 is 5.90. The molecule has 1 amide bonds. The van der Waals surface area contributed by atoms with Crippen molar-refractivity contribution in [2.75, 3.05) is 30.9 Å². The lowest BCUT2D eigenvalue weighted by Crippen LogP contribution is -2.16. The number of amides is 1. The molecule has 0 aliphatic rings. The highest BCUT2D eigenvalue weighted by Gasteiger charge is 2.13. The van der Waals surface area contributed by atoms with Gasteiger partial charge in [-0.25, -0.2) is 9.97 Å². The summed E-state index contributed by atoms with van der Waals surface area (Å²) in [6, 6.07) is 18.1. The highest BCUT2D eigenvalue weighted by atomic mass is 35.5. The molecular weight excluding hydrogens is 376 g/mol. The molecule has 3 rings (SSSR count). The van der Waals surface area contributed by atoms with E-state index < -0.39 is 0 Å². The first-order valence-electron chi connectivity index (χ1n) is 8.90. The molecule has 6 nitrogen and oxygen atoms in total. The normalized spacial score (nSPS) is 10.5. The smallest absolute Gasteiger partial charge is 0.274 e. The molecule has 0 bridgehead atoms. The van der Waals surface area contributed by atoms with Crippen molar-refractivity contribution in [1.82, 2.24) is 9.97 Å². The minimum atomic E-state index is -0.318. The van der Waals surface area contributed by atoms with Crippen molar-refractivity contribution >= 4 is 29.0 Å². The highest BCUT2D eigenvalue weighted by Crippen LogP contribution is 2.19. The van der Waals surface area contributed by atoms with E-state index in [0.717, 1.165) is 12.0 Å². The number of carbonyl (C=O) groups excluding carboxylic acids is 1. The number of hydrogen-bond donors (Lipinski definition) is 2. The van der Waals surface area contributed by atoms with E-state index in [-0.39, 0.29) is 11.6 Å². The van der Waals surface area contributed by atoms with Gasteiger partial charge in [0.15, 0.2) is 5.82 Å². The van der Waals surface area contributed by atoms with Crippen molar-refractivity contribution in [3.8, 4) is 11.4 Å². The molecule has 0 aliphatic heterocycles. The summed E-state index contributed by atoms with van der Waals surface area (Å²) in [5, 5.41) is 6.67. The highest BCUT2D eigenvalue weighted by molar-refractivity contribution is 6.30. The first-order valence-corrected chi connectivity index (χ1v) is 9.28. The van der Waals surface area contributed by atoms with Crippen molar-refractivity contribution in [3.05, 3.63) is 71.4 Å². The monoisotopic (exact) mass is 396 g/mol. The van der Waals surface area contributed by atoms with E-state index in [1.54, 1.807) is 37.4 Å². The number of carbonyl (C=O) groups is 1. The fourth-order valence-electron chi connectivity index (χ4n) is 2.53. The Hall–Kier alpha value is -2.96. The van der Waals surface area contributed by atoms with Crippen LogP contribution in [0.2, 0.25) is 5.02 Å². The molecule has 2 aromatic carbocycles. The number of hydrogen-bond acceptors (Lipinski definition) is 5. The molecule has 28 heavy (non-hydrogen) atoms. The van der Waals surface area contributed by atoms with Crippen LogP contribution in [-0.4, -0.2) is 36.1 Å². The van der Waals surface area contributed by atoms with E-state index in [9.17, 15) is 4.79 Å². The van der Waals surface area contributed by atoms with E-state index in [1.165, 1.54) is 0 Å². The molecule has 1 heterocycles. The third kappa shape index (κ3) is 5.52. The van der Waals surface area contributed by atoms with Gasteiger partial charge in [0.25, 0.3) is 5.91 Å². The fourth-order valence-corrected chi connectivity index (χ4v) is 2.66. The molecular formula is C21H21ClN4O2. The molecule has 0 saturated carbocycles. The standard InChI is InChI=1S/C21H21ClN4O2/c1-28-13-5-12-23-19-14-18(21(27)24-17-10-8-16(22)9-11-17)25-20(26-19)15-6-3-2-4-7-15/h2-4,6-11,14H,5,12-13H2,1H3,(H,24,27)(H,23,25,26). The maximum atomic E-state index is 12.7. The number of methoxy groups -OCH3 is 1. The molecule has 1 aromatic heterocycles. The van der Waals surface area contributed by atoms with Crippen molar-refractivity contribution < 1.29 is 9.53 Å². The summed E-state index contributed by atoms with van der Waals surface area (Å²) in [6.07, 6.45) is 0.827. The third-order valence-electron chi connectivity index (χ3n) is 3.92. The summed E-state index contributed by atoms with van der Waals surface area (Å²) in [5.74, 6) is 0.756. The van der Waals surface area contributed by atoms with E-state index in [4.69, 9.17) is 16.3 Å². The number of nitrogens with zero attached hydrogens (tertiary/aromatic N) is 2. The summed E-state index contributed by atoms with van der Waals surface area (Å²) in [4.78, 5) is 21.7. The molecule has 0 unspecified atom stereocenters. The van der Waals surface area contributed by atoms with Crippen LogP contribution < -0.4 is 10.6 Å². The maximum absolute atomic E-state index is 12.7. The van der Waals surface area contributed by atoms with Gasteiger partial charge in [-0.1, -0.05) is 41.9 Å². The molecule has 0 atom stereocenters. The second-order valence-corrected chi connectivity index (χ2v) is 6.50. The molecule has 144 valence electrons. The minimum absolute atomic E-state index is 0.276. The quantitative estimate of drug-likeness (QED) is 0.548. The largest absolute Gasteiger partial charge is 0.385 e. The SMILES string of the molecule is COCCCNc1cc(C(=O)Nc2ccc(Cl)cc2)nc(-c2ccccc2)n1. The molecule has 2 N–H and O–H groups in total. The minimum Gasteiger partial charge on any atom is -0.385 e. The van der Waals surface area contributed by atoms with Crippen LogP contribution in [0.25, 0.3) is 11.4 Å². The Bertz CT molecular complexity index is 917. The molecule has 0 aliphatic carbocycles. The molecule has 3 aromatic rings. The van der Waals surface area contributed by atoms with Gasteiger partial charge < -0.3 is 15.4 Å². The fraction of sp³-hybridized carbons (Fsp3) is 0.190. The molecule has 0 radical (unpaired) electrons. The van der Waals surface area contributed by atoms with Crippen molar-refractivity contribution in [3.63, 3.8) is 0 Å². The van der Waals surface area contributed by atoms with Gasteiger partial charge in [-0.05, 0) is 30.7 Å². The third-order valence-corrected chi connectivity index (χ3v) is 4.18. The predicted octanol–water partition coefficient (Wildman–Crippen LogP) is 4.50. The lowest BCUT2D eigenvalue weighted by Gasteiger charge is -2.11. The number of aromatic nitrogens is 2. The number of nitrogens with one attached hydrogen (secondary N) is 2. The summed E-state index contributed by atoms with van der Waals surface area (Å²) in [7, 11) is 1.66. The Morgan fingerprint density at radius 3 is 2.54 bits per heavy atom. The van der Waals surface area contributed by atoms with Crippen LogP contribution in [0.1, 0.15) is 16.9 Å². The van der Waals surface area contributed by atoms with E-state index in [0.29, 0.717) is 35.5 Å². The number of halogens is 1. The van der Waals surface area contributed by atoms with Crippen LogP contribution in [0.15, 0.2) is 60.7 Å². The molecule has 0 spiro atoms. The Balaban J connectivity index is 1.85. The average Bonchev–Trinajstić information content (AvgIpc) is 2.73. The maximum Gasteiger partial charge on any atom is 0.274 e.